The lowest BCUT2D eigenvalue weighted by molar-refractivity contribution is -0.120. The van der Waals surface area contributed by atoms with Crippen molar-refractivity contribution in [1.29, 1.82) is 0 Å². The lowest BCUT2D eigenvalue weighted by atomic mass is 9.97. The van der Waals surface area contributed by atoms with Crippen LogP contribution in [-0.2, 0) is 11.2 Å². The van der Waals surface area contributed by atoms with Gasteiger partial charge < -0.3 is 15.0 Å². The van der Waals surface area contributed by atoms with E-state index in [1.807, 2.05) is 0 Å². The third-order valence-electron chi connectivity index (χ3n) is 5.22. The van der Waals surface area contributed by atoms with E-state index in [9.17, 15) is 4.79 Å². The fourth-order valence-corrected chi connectivity index (χ4v) is 4.88. The number of carbonyl (C=O) groups excluding carboxylic acids is 1. The number of piperidine rings is 1. The van der Waals surface area contributed by atoms with Gasteiger partial charge in [0.15, 0.2) is 0 Å². The van der Waals surface area contributed by atoms with Crippen molar-refractivity contribution < 1.29 is 9.53 Å². The molecule has 3 heterocycles. The van der Waals surface area contributed by atoms with E-state index in [2.05, 4.69) is 33.2 Å². The number of anilines is 2. The van der Waals surface area contributed by atoms with E-state index in [0.29, 0.717) is 23.0 Å². The summed E-state index contributed by atoms with van der Waals surface area (Å²) < 4.78 is 5.17. The Kier molecular flexibility index (Phi) is 5.87. The van der Waals surface area contributed by atoms with Crippen LogP contribution in [0.5, 0.6) is 5.75 Å². The van der Waals surface area contributed by atoms with Crippen molar-refractivity contribution in [1.82, 2.24) is 9.97 Å². The highest BCUT2D eigenvalue weighted by molar-refractivity contribution is 7.18. The Balaban J connectivity index is 1.50. The van der Waals surface area contributed by atoms with Gasteiger partial charge in [-0.15, -0.1) is 11.3 Å². The van der Waals surface area contributed by atoms with Crippen LogP contribution in [0.2, 0.25) is 5.02 Å². The zero-order valence-corrected chi connectivity index (χ0v) is 18.0. The average molecular weight is 431 g/mol. The summed E-state index contributed by atoms with van der Waals surface area (Å²) in [6, 6.07) is 7.45. The molecule has 4 rings (SSSR count). The van der Waals surface area contributed by atoms with Gasteiger partial charge in [-0.3, -0.25) is 4.79 Å². The summed E-state index contributed by atoms with van der Waals surface area (Å²) in [5.41, 5.74) is 0.674. The summed E-state index contributed by atoms with van der Waals surface area (Å²) in [6.07, 6.45) is 4.40. The largest absolute Gasteiger partial charge is 0.495 e. The second-order valence-electron chi connectivity index (χ2n) is 7.11. The molecule has 0 unspecified atom stereocenters. The van der Waals surface area contributed by atoms with Gasteiger partial charge in [0.25, 0.3) is 0 Å². The number of hydrogen-bond acceptors (Lipinski definition) is 6. The molecule has 152 valence electrons. The van der Waals surface area contributed by atoms with Crippen LogP contribution < -0.4 is 15.0 Å². The van der Waals surface area contributed by atoms with Gasteiger partial charge in [0.05, 0.1) is 23.4 Å². The van der Waals surface area contributed by atoms with E-state index < -0.39 is 0 Å². The molecular weight excluding hydrogens is 408 g/mol. The zero-order valence-electron chi connectivity index (χ0n) is 16.4. The maximum absolute atomic E-state index is 12.9. The smallest absolute Gasteiger partial charge is 0.229 e. The molecule has 0 saturated carbocycles. The number of aromatic nitrogens is 2. The maximum atomic E-state index is 12.9. The van der Waals surface area contributed by atoms with Gasteiger partial charge in [-0.2, -0.15) is 0 Å². The van der Waals surface area contributed by atoms with Gasteiger partial charge in [-0.1, -0.05) is 18.5 Å². The minimum Gasteiger partial charge on any atom is -0.495 e. The SMILES string of the molecule is CCc1cc2c(N3CCC[C@H](C(=O)Nc4ccc(OC)c(Cl)c4)C3)ncnc2s1. The molecule has 2 aromatic heterocycles. The van der Waals surface area contributed by atoms with Gasteiger partial charge in [0, 0.05) is 23.7 Å². The second kappa shape index (κ2) is 8.55. The standard InChI is InChI=1S/C21H23ClN4O2S/c1-3-15-10-16-19(23-12-24-21(16)29-15)26-8-4-5-13(11-26)20(27)25-14-6-7-18(28-2)17(22)9-14/h6-7,9-10,12-13H,3-5,8,11H2,1-2H3,(H,25,27)/t13-/m0/s1. The monoisotopic (exact) mass is 430 g/mol. The molecule has 1 aliphatic heterocycles. The Hall–Kier alpha value is -2.38. The molecule has 8 heteroatoms. The highest BCUT2D eigenvalue weighted by atomic mass is 35.5. The van der Waals surface area contributed by atoms with Crippen molar-refractivity contribution in [2.75, 3.05) is 30.4 Å². The third kappa shape index (κ3) is 4.16. The van der Waals surface area contributed by atoms with Crippen molar-refractivity contribution in [3.63, 3.8) is 0 Å². The summed E-state index contributed by atoms with van der Waals surface area (Å²) in [6.45, 7) is 3.67. The van der Waals surface area contributed by atoms with Crippen LogP contribution in [-0.4, -0.2) is 36.1 Å². The van der Waals surface area contributed by atoms with Crippen molar-refractivity contribution in [2.24, 2.45) is 5.92 Å². The molecule has 1 fully saturated rings. The van der Waals surface area contributed by atoms with Crippen molar-refractivity contribution in [3.05, 3.63) is 40.5 Å². The summed E-state index contributed by atoms with van der Waals surface area (Å²) in [5, 5.41) is 4.55. The van der Waals surface area contributed by atoms with Crippen LogP contribution >= 0.6 is 22.9 Å². The van der Waals surface area contributed by atoms with Crippen LogP contribution in [0.1, 0.15) is 24.6 Å². The Morgan fingerprint density at radius 1 is 1.38 bits per heavy atom. The quantitative estimate of drug-likeness (QED) is 0.631. The van der Waals surface area contributed by atoms with Crippen molar-refractivity contribution in [2.45, 2.75) is 26.2 Å². The second-order valence-corrected chi connectivity index (χ2v) is 8.63. The minimum absolute atomic E-state index is 0.000740. The van der Waals surface area contributed by atoms with Gasteiger partial charge in [0.1, 0.15) is 22.7 Å². The van der Waals surface area contributed by atoms with Crippen LogP contribution in [0.3, 0.4) is 0 Å². The lowest BCUT2D eigenvalue weighted by Crippen LogP contribution is -2.41. The van der Waals surface area contributed by atoms with Crippen LogP contribution in [0.4, 0.5) is 11.5 Å². The molecule has 1 aromatic carbocycles. The first-order valence-electron chi connectivity index (χ1n) is 9.71. The fraction of sp³-hybridized carbons (Fsp3) is 0.381. The van der Waals surface area contributed by atoms with E-state index in [1.165, 1.54) is 4.88 Å². The number of rotatable bonds is 5. The summed E-state index contributed by atoms with van der Waals surface area (Å²) >= 11 is 7.88. The number of methoxy groups -OCH3 is 1. The number of benzene rings is 1. The van der Waals surface area contributed by atoms with Crippen molar-refractivity contribution >= 4 is 50.6 Å². The molecule has 0 aliphatic carbocycles. The first-order chi connectivity index (χ1) is 14.1. The Morgan fingerprint density at radius 2 is 2.24 bits per heavy atom. The number of fused-ring (bicyclic) bond motifs is 1. The van der Waals surface area contributed by atoms with Crippen LogP contribution in [0.15, 0.2) is 30.6 Å². The van der Waals surface area contributed by atoms with E-state index in [-0.39, 0.29) is 11.8 Å². The Labute approximate surface area is 178 Å². The average Bonchev–Trinajstić information content (AvgIpc) is 3.17. The first kappa shape index (κ1) is 19.9. The molecule has 1 aliphatic rings. The van der Waals surface area contributed by atoms with Crippen molar-refractivity contribution in [3.8, 4) is 5.75 Å². The highest BCUT2D eigenvalue weighted by Crippen LogP contribution is 2.33. The molecular formula is C21H23ClN4O2S. The fourth-order valence-electron chi connectivity index (χ4n) is 3.69. The minimum atomic E-state index is -0.112. The summed E-state index contributed by atoms with van der Waals surface area (Å²) in [4.78, 5) is 26.4. The van der Waals surface area contributed by atoms with Crippen LogP contribution in [0, 0.1) is 5.92 Å². The molecule has 1 saturated heterocycles. The number of carbonyl (C=O) groups is 1. The molecule has 1 N–H and O–H groups in total. The molecule has 0 radical (unpaired) electrons. The predicted molar refractivity (Wildman–Crippen MR) is 118 cm³/mol. The summed E-state index contributed by atoms with van der Waals surface area (Å²) in [5.74, 6) is 1.40. The Morgan fingerprint density at radius 3 is 3.00 bits per heavy atom. The number of nitrogens with zero attached hydrogens (tertiary/aromatic N) is 3. The Bertz CT molecular complexity index is 1040. The normalized spacial score (nSPS) is 16.8. The predicted octanol–water partition coefficient (Wildman–Crippen LogP) is 4.77. The molecule has 0 bridgehead atoms. The number of amides is 1. The number of thiophene rings is 1. The van der Waals surface area contributed by atoms with Gasteiger partial charge in [0.2, 0.25) is 5.91 Å². The highest BCUT2D eigenvalue weighted by Gasteiger charge is 2.28. The zero-order chi connectivity index (χ0) is 20.4. The van der Waals surface area contributed by atoms with E-state index in [1.54, 1.807) is 43.0 Å². The molecule has 6 nitrogen and oxygen atoms in total. The molecule has 0 spiro atoms. The first-order valence-corrected chi connectivity index (χ1v) is 10.9. The molecule has 29 heavy (non-hydrogen) atoms. The third-order valence-corrected chi connectivity index (χ3v) is 6.70. The number of nitrogens with one attached hydrogen (secondary N) is 1. The van der Waals surface area contributed by atoms with Gasteiger partial charge >= 0.3 is 0 Å². The topological polar surface area (TPSA) is 67.4 Å². The van der Waals surface area contributed by atoms with E-state index in [4.69, 9.17) is 16.3 Å². The maximum Gasteiger partial charge on any atom is 0.229 e. The van der Waals surface area contributed by atoms with Gasteiger partial charge in [-0.05, 0) is 43.5 Å². The number of hydrogen-bond donors (Lipinski definition) is 1. The van der Waals surface area contributed by atoms with Crippen LogP contribution in [0.25, 0.3) is 10.2 Å². The van der Waals surface area contributed by atoms with Gasteiger partial charge in [-0.25, -0.2) is 9.97 Å². The molecule has 1 amide bonds. The lowest BCUT2D eigenvalue weighted by Gasteiger charge is -2.33. The number of aryl methyl sites for hydroxylation is 1. The molecule has 1 atom stereocenters. The molecule has 3 aromatic rings. The summed E-state index contributed by atoms with van der Waals surface area (Å²) in [7, 11) is 1.57. The number of halogens is 1. The number of ether oxygens (including phenoxy) is 1. The van der Waals surface area contributed by atoms with E-state index >= 15 is 0 Å². The van der Waals surface area contributed by atoms with E-state index in [0.717, 1.165) is 41.8 Å².